The van der Waals surface area contributed by atoms with Crippen LogP contribution in [0.5, 0.6) is 11.5 Å². The molecule has 0 saturated carbocycles. The van der Waals surface area contributed by atoms with Crippen LogP contribution in [0, 0.1) is 6.92 Å². The fraction of sp³-hybridized carbons (Fsp3) is 0.125. The minimum atomic E-state index is 0.803. The molecule has 1 aliphatic heterocycles. The molecule has 0 N–H and O–H groups in total. The molecule has 5 nitrogen and oxygen atoms in total. The number of para-hydroxylation sites is 2. The fourth-order valence-corrected chi connectivity index (χ4v) is 5.38. The third-order valence-electron chi connectivity index (χ3n) is 7.28. The lowest BCUT2D eigenvalue weighted by atomic mass is 10.0. The molecule has 0 bridgehead atoms. The Morgan fingerprint density at radius 3 is 2.59 bits per heavy atom. The molecule has 0 aliphatic carbocycles. The van der Waals surface area contributed by atoms with E-state index in [4.69, 9.17) is 9.72 Å². The van der Waals surface area contributed by atoms with Crippen molar-refractivity contribution in [2.45, 2.75) is 19.9 Å². The Morgan fingerprint density at radius 2 is 1.68 bits per heavy atom. The van der Waals surface area contributed by atoms with E-state index in [0.717, 1.165) is 52.8 Å². The highest BCUT2D eigenvalue weighted by Crippen LogP contribution is 2.36. The highest BCUT2D eigenvalue weighted by molar-refractivity contribution is 5.74. The summed E-state index contributed by atoms with van der Waals surface area (Å²) in [6.07, 6.45) is 5.27. The second-order valence-electron chi connectivity index (χ2n) is 9.71. The Balaban J connectivity index is 1.23. The largest absolute Gasteiger partial charge is 0.457 e. The molecular formula is C32H27N4O+. The SMILES string of the molecule is Cc1ccccc1-c1cn2c(n1)-c1cc(Oc3cccc(-n4c[n+](C)c5ccccc54)c3)ccc1CC2. The first-order valence-corrected chi connectivity index (χ1v) is 12.6. The summed E-state index contributed by atoms with van der Waals surface area (Å²) in [5, 5.41) is 0. The number of aryl methyl sites for hydroxylation is 4. The zero-order valence-corrected chi connectivity index (χ0v) is 20.9. The second-order valence-corrected chi connectivity index (χ2v) is 9.71. The maximum Gasteiger partial charge on any atom is 0.249 e. The molecule has 4 aromatic carbocycles. The summed E-state index contributed by atoms with van der Waals surface area (Å²) in [6, 6.07) is 31.5. The Morgan fingerprint density at radius 1 is 0.838 bits per heavy atom. The lowest BCUT2D eigenvalue weighted by Gasteiger charge is -2.19. The number of imidazole rings is 2. The molecule has 0 atom stereocenters. The molecular weight excluding hydrogens is 456 g/mol. The predicted octanol–water partition coefficient (Wildman–Crippen LogP) is 6.64. The van der Waals surface area contributed by atoms with Gasteiger partial charge in [-0.15, -0.1) is 0 Å². The van der Waals surface area contributed by atoms with E-state index in [1.54, 1.807) is 0 Å². The quantitative estimate of drug-likeness (QED) is 0.264. The third-order valence-corrected chi connectivity index (χ3v) is 7.28. The molecule has 5 heteroatoms. The summed E-state index contributed by atoms with van der Waals surface area (Å²) in [4.78, 5) is 5.06. The van der Waals surface area contributed by atoms with E-state index >= 15 is 0 Å². The van der Waals surface area contributed by atoms with Crippen LogP contribution in [0.25, 0.3) is 39.4 Å². The lowest BCUT2D eigenvalue weighted by molar-refractivity contribution is -0.645. The highest BCUT2D eigenvalue weighted by atomic mass is 16.5. The smallest absolute Gasteiger partial charge is 0.249 e. The monoisotopic (exact) mass is 483 g/mol. The zero-order chi connectivity index (χ0) is 24.9. The van der Waals surface area contributed by atoms with Gasteiger partial charge >= 0.3 is 0 Å². The van der Waals surface area contributed by atoms with E-state index in [0.29, 0.717) is 0 Å². The molecule has 0 radical (unpaired) electrons. The summed E-state index contributed by atoms with van der Waals surface area (Å²) in [6.45, 7) is 3.07. The summed E-state index contributed by atoms with van der Waals surface area (Å²) in [7, 11) is 2.07. The van der Waals surface area contributed by atoms with Gasteiger partial charge < -0.3 is 9.30 Å². The molecule has 180 valence electrons. The van der Waals surface area contributed by atoms with Gasteiger partial charge in [0.1, 0.15) is 23.0 Å². The van der Waals surface area contributed by atoms with Crippen molar-refractivity contribution in [3.8, 4) is 39.8 Å². The lowest BCUT2D eigenvalue weighted by Crippen LogP contribution is -2.25. The molecule has 0 fully saturated rings. The Bertz CT molecular complexity index is 1790. The Labute approximate surface area is 215 Å². The van der Waals surface area contributed by atoms with Crippen LogP contribution in [0.3, 0.4) is 0 Å². The van der Waals surface area contributed by atoms with Gasteiger partial charge in [0.2, 0.25) is 6.33 Å². The average molecular weight is 484 g/mol. The Hall–Kier alpha value is -4.64. The van der Waals surface area contributed by atoms with Crippen LogP contribution < -0.4 is 9.30 Å². The van der Waals surface area contributed by atoms with Gasteiger partial charge in [-0.05, 0) is 60.9 Å². The first-order valence-electron chi connectivity index (χ1n) is 12.6. The van der Waals surface area contributed by atoms with Crippen molar-refractivity contribution in [3.63, 3.8) is 0 Å². The van der Waals surface area contributed by atoms with Gasteiger partial charge in [-0.2, -0.15) is 4.57 Å². The number of hydrogen-bond donors (Lipinski definition) is 0. The number of rotatable bonds is 4. The molecule has 0 saturated heterocycles. The molecule has 1 aliphatic rings. The van der Waals surface area contributed by atoms with Gasteiger partial charge in [-0.25, -0.2) is 9.55 Å². The fourth-order valence-electron chi connectivity index (χ4n) is 5.38. The van der Waals surface area contributed by atoms with Crippen molar-refractivity contribution >= 4 is 11.0 Å². The van der Waals surface area contributed by atoms with Crippen LogP contribution in [0.4, 0.5) is 0 Å². The van der Waals surface area contributed by atoms with Gasteiger partial charge in [0.15, 0.2) is 11.0 Å². The molecule has 3 heterocycles. The Kier molecular flexibility index (Phi) is 4.96. The van der Waals surface area contributed by atoms with Gasteiger partial charge in [-0.1, -0.05) is 48.5 Å². The number of ether oxygens (including phenoxy) is 1. The summed E-state index contributed by atoms with van der Waals surface area (Å²) in [5.74, 6) is 2.62. The molecule has 2 aromatic heterocycles. The maximum absolute atomic E-state index is 6.39. The van der Waals surface area contributed by atoms with Crippen LogP contribution in [0.1, 0.15) is 11.1 Å². The first kappa shape index (κ1) is 21.6. The van der Waals surface area contributed by atoms with Crippen molar-refractivity contribution in [3.05, 3.63) is 115 Å². The molecule has 0 unspecified atom stereocenters. The predicted molar refractivity (Wildman–Crippen MR) is 146 cm³/mol. The van der Waals surface area contributed by atoms with Gasteiger partial charge in [0.25, 0.3) is 0 Å². The van der Waals surface area contributed by atoms with Crippen molar-refractivity contribution in [2.75, 3.05) is 0 Å². The van der Waals surface area contributed by atoms with Gasteiger partial charge in [-0.3, -0.25) is 0 Å². The zero-order valence-electron chi connectivity index (χ0n) is 20.9. The molecule has 7 rings (SSSR count). The molecule has 0 amide bonds. The molecule has 6 aromatic rings. The van der Waals surface area contributed by atoms with Crippen molar-refractivity contribution in [1.29, 1.82) is 0 Å². The van der Waals surface area contributed by atoms with Crippen LogP contribution in [-0.4, -0.2) is 14.1 Å². The van der Waals surface area contributed by atoms with Gasteiger partial charge in [0, 0.05) is 29.9 Å². The van der Waals surface area contributed by atoms with Crippen LogP contribution in [0.2, 0.25) is 0 Å². The summed E-state index contributed by atoms with van der Waals surface area (Å²) < 4.78 is 13.0. The highest BCUT2D eigenvalue weighted by Gasteiger charge is 2.21. The number of hydrogen-bond acceptors (Lipinski definition) is 2. The van der Waals surface area contributed by atoms with Crippen molar-refractivity contribution < 1.29 is 9.30 Å². The number of aromatic nitrogens is 4. The standard InChI is InChI=1S/C32H27N4O/c1-22-8-3-4-11-27(22)29-20-35-17-16-23-14-15-26(19-28(23)32(35)33-29)37-25-10-7-9-24(18-25)36-21-34(2)30-12-5-6-13-31(30)36/h3-15,18-21H,16-17H2,1-2H3/q+1. The summed E-state index contributed by atoms with van der Waals surface area (Å²) in [5.41, 5.74) is 9.29. The van der Waals surface area contributed by atoms with Crippen LogP contribution in [0.15, 0.2) is 104 Å². The van der Waals surface area contributed by atoms with E-state index in [1.165, 1.54) is 22.2 Å². The number of benzene rings is 4. The minimum absolute atomic E-state index is 0.803. The van der Waals surface area contributed by atoms with Gasteiger partial charge in [0.05, 0.1) is 12.7 Å². The molecule has 0 spiro atoms. The van der Waals surface area contributed by atoms with Crippen LogP contribution >= 0.6 is 0 Å². The summed E-state index contributed by atoms with van der Waals surface area (Å²) >= 11 is 0. The molecule has 37 heavy (non-hydrogen) atoms. The van der Waals surface area contributed by atoms with E-state index < -0.39 is 0 Å². The van der Waals surface area contributed by atoms with Crippen LogP contribution in [-0.2, 0) is 20.0 Å². The van der Waals surface area contributed by atoms with E-state index in [-0.39, 0.29) is 0 Å². The topological polar surface area (TPSA) is 35.9 Å². The van der Waals surface area contributed by atoms with E-state index in [2.05, 4.69) is 119 Å². The third kappa shape index (κ3) is 3.71. The maximum atomic E-state index is 6.39. The first-order chi connectivity index (χ1) is 18.1. The normalized spacial score (nSPS) is 12.4. The number of fused-ring (bicyclic) bond motifs is 4. The van der Waals surface area contributed by atoms with Crippen molar-refractivity contribution in [1.82, 2.24) is 14.1 Å². The van der Waals surface area contributed by atoms with E-state index in [1.807, 2.05) is 12.1 Å². The average Bonchev–Trinajstić information content (AvgIpc) is 3.51. The van der Waals surface area contributed by atoms with E-state index in [9.17, 15) is 0 Å². The van der Waals surface area contributed by atoms with Crippen molar-refractivity contribution in [2.24, 2.45) is 7.05 Å². The number of nitrogens with zero attached hydrogens (tertiary/aromatic N) is 4. The minimum Gasteiger partial charge on any atom is -0.457 e. The second kappa shape index (κ2) is 8.49.